The molecular weight excluding hydrogens is 340 g/mol. The van der Waals surface area contributed by atoms with Gasteiger partial charge >= 0.3 is 6.09 Å². The van der Waals surface area contributed by atoms with Gasteiger partial charge < -0.3 is 10.5 Å². The van der Waals surface area contributed by atoms with Crippen LogP contribution in [0.3, 0.4) is 0 Å². The highest BCUT2D eigenvalue weighted by Crippen LogP contribution is 2.26. The van der Waals surface area contributed by atoms with E-state index in [1.165, 1.54) is 0 Å². The van der Waals surface area contributed by atoms with Crippen molar-refractivity contribution in [1.82, 2.24) is 4.90 Å². The molecule has 0 saturated heterocycles. The van der Waals surface area contributed by atoms with Gasteiger partial charge in [-0.25, -0.2) is 9.69 Å². The average molecular weight is 368 g/mol. The lowest BCUT2D eigenvalue weighted by Crippen LogP contribution is -2.53. The Balaban J connectivity index is 2.25. The minimum atomic E-state index is -0.826. The minimum absolute atomic E-state index is 0.0930. The zero-order valence-electron chi connectivity index (χ0n) is 16.4. The summed E-state index contributed by atoms with van der Waals surface area (Å²) >= 11 is 0. The number of imide groups is 1. The molecule has 0 radical (unpaired) electrons. The topological polar surface area (TPSA) is 72.6 Å². The lowest BCUT2D eigenvalue weighted by Gasteiger charge is -2.33. The molecule has 5 nitrogen and oxygen atoms in total. The summed E-state index contributed by atoms with van der Waals surface area (Å²) in [6, 6.07) is 17.4. The van der Waals surface area contributed by atoms with Crippen LogP contribution in [-0.2, 0) is 16.1 Å². The number of carbonyl (C=O) groups excluding carboxylic acids is 2. The van der Waals surface area contributed by atoms with E-state index in [-0.39, 0.29) is 6.61 Å². The summed E-state index contributed by atoms with van der Waals surface area (Å²) in [4.78, 5) is 27.0. The van der Waals surface area contributed by atoms with Crippen molar-refractivity contribution in [2.24, 2.45) is 11.1 Å². The Labute approximate surface area is 161 Å². The molecule has 2 N–H and O–H groups in total. The number of hydrogen-bond donors (Lipinski definition) is 1. The molecular formula is C22H28N2O3. The molecule has 0 aliphatic rings. The minimum Gasteiger partial charge on any atom is -0.444 e. The van der Waals surface area contributed by atoms with E-state index in [9.17, 15) is 9.59 Å². The van der Waals surface area contributed by atoms with Gasteiger partial charge in [-0.15, -0.1) is 0 Å². The molecule has 27 heavy (non-hydrogen) atoms. The fourth-order valence-electron chi connectivity index (χ4n) is 2.63. The maximum absolute atomic E-state index is 13.1. The molecule has 0 aromatic heterocycles. The molecule has 2 amide bonds. The summed E-state index contributed by atoms with van der Waals surface area (Å²) < 4.78 is 5.43. The molecule has 144 valence electrons. The van der Waals surface area contributed by atoms with Crippen molar-refractivity contribution in [1.29, 1.82) is 0 Å². The second-order valence-corrected chi connectivity index (χ2v) is 7.68. The zero-order valence-corrected chi connectivity index (χ0v) is 16.4. The molecule has 2 rings (SSSR count). The van der Waals surface area contributed by atoms with Gasteiger partial charge in [0.25, 0.3) is 0 Å². The lowest BCUT2D eigenvalue weighted by molar-refractivity contribution is -0.135. The van der Waals surface area contributed by atoms with Crippen LogP contribution in [0.2, 0.25) is 0 Å². The second kappa shape index (κ2) is 8.82. The highest BCUT2D eigenvalue weighted by atomic mass is 16.6. The fraction of sp³-hybridized carbons (Fsp3) is 0.364. The average Bonchev–Trinajstić information content (AvgIpc) is 2.66. The largest absolute Gasteiger partial charge is 0.444 e. The Morgan fingerprint density at radius 3 is 2.04 bits per heavy atom. The lowest BCUT2D eigenvalue weighted by atomic mass is 9.86. The number of nitrogens with zero attached hydrogens (tertiary/aromatic N) is 1. The summed E-state index contributed by atoms with van der Waals surface area (Å²) in [7, 11) is 0. The summed E-state index contributed by atoms with van der Waals surface area (Å²) in [5.41, 5.74) is 7.37. The van der Waals surface area contributed by atoms with Crippen LogP contribution in [0.1, 0.15) is 44.9 Å². The van der Waals surface area contributed by atoms with Crippen molar-refractivity contribution in [2.75, 3.05) is 0 Å². The van der Waals surface area contributed by atoms with E-state index in [2.05, 4.69) is 0 Å². The van der Waals surface area contributed by atoms with Crippen molar-refractivity contribution in [2.45, 2.75) is 46.4 Å². The first kappa shape index (κ1) is 20.6. The van der Waals surface area contributed by atoms with Crippen molar-refractivity contribution in [3.05, 3.63) is 71.8 Å². The van der Waals surface area contributed by atoms with Gasteiger partial charge in [-0.3, -0.25) is 4.79 Å². The first-order chi connectivity index (χ1) is 12.7. The van der Waals surface area contributed by atoms with Crippen LogP contribution in [0.4, 0.5) is 4.79 Å². The Kier molecular flexibility index (Phi) is 6.75. The molecule has 0 heterocycles. The van der Waals surface area contributed by atoms with Crippen molar-refractivity contribution in [3.8, 4) is 0 Å². The summed E-state index contributed by atoms with van der Waals surface area (Å²) in [5, 5.41) is 0. The van der Waals surface area contributed by atoms with Gasteiger partial charge in [0.15, 0.2) is 0 Å². The number of nitrogens with two attached hydrogens (primary N) is 1. The molecule has 0 aliphatic carbocycles. The summed E-state index contributed by atoms with van der Waals surface area (Å²) in [6.07, 6.45) is -0.695. The van der Waals surface area contributed by atoms with Crippen LogP contribution >= 0.6 is 0 Å². The third kappa shape index (κ3) is 5.41. The zero-order chi connectivity index (χ0) is 20.0. The van der Waals surface area contributed by atoms with Crippen LogP contribution in [0.5, 0.6) is 0 Å². The maximum atomic E-state index is 13.1. The summed E-state index contributed by atoms with van der Waals surface area (Å²) in [6.45, 7) is 7.50. The first-order valence-electron chi connectivity index (χ1n) is 9.06. The van der Waals surface area contributed by atoms with Crippen LogP contribution in [-0.4, -0.2) is 22.9 Å². The third-order valence-corrected chi connectivity index (χ3v) is 4.51. The Hall–Kier alpha value is -2.66. The number of hydrogen-bond acceptors (Lipinski definition) is 4. The van der Waals surface area contributed by atoms with E-state index in [4.69, 9.17) is 10.5 Å². The normalized spacial score (nSPS) is 13.5. The fourth-order valence-corrected chi connectivity index (χ4v) is 2.63. The molecule has 0 bridgehead atoms. The summed E-state index contributed by atoms with van der Waals surface area (Å²) in [5.74, 6) is -0.447. The quantitative estimate of drug-likeness (QED) is 0.855. The number of ether oxygens (including phenoxy) is 1. The van der Waals surface area contributed by atoms with Gasteiger partial charge in [-0.05, 0) is 23.5 Å². The van der Waals surface area contributed by atoms with Crippen molar-refractivity contribution in [3.63, 3.8) is 0 Å². The van der Waals surface area contributed by atoms with Gasteiger partial charge in [-0.2, -0.15) is 0 Å². The van der Waals surface area contributed by atoms with Gasteiger partial charge in [0.2, 0.25) is 5.91 Å². The molecule has 2 aromatic rings. The third-order valence-electron chi connectivity index (χ3n) is 4.51. The molecule has 0 saturated carbocycles. The molecule has 0 aliphatic heterocycles. The molecule has 1 unspecified atom stereocenters. The molecule has 2 aromatic carbocycles. The van der Waals surface area contributed by atoms with Crippen LogP contribution < -0.4 is 5.73 Å². The number of benzene rings is 2. The van der Waals surface area contributed by atoms with Crippen LogP contribution in [0.15, 0.2) is 60.7 Å². The van der Waals surface area contributed by atoms with E-state index in [1.54, 1.807) is 6.92 Å². The van der Waals surface area contributed by atoms with Gasteiger partial charge in [0.1, 0.15) is 6.61 Å². The highest BCUT2D eigenvalue weighted by molar-refractivity contribution is 5.95. The van der Waals surface area contributed by atoms with E-state index in [0.29, 0.717) is 0 Å². The Bertz CT molecular complexity index is 754. The Morgan fingerprint density at radius 1 is 1.00 bits per heavy atom. The van der Waals surface area contributed by atoms with Crippen LogP contribution in [0, 0.1) is 5.41 Å². The SMILES string of the molecule is C[C@@H](c1ccccc1)N(C(=O)OCc1ccccc1)C(=O)C(N)C(C)(C)C. The van der Waals surface area contributed by atoms with E-state index < -0.39 is 29.5 Å². The Morgan fingerprint density at radius 2 is 1.52 bits per heavy atom. The van der Waals surface area contributed by atoms with Crippen LogP contribution in [0.25, 0.3) is 0 Å². The standard InChI is InChI=1S/C22H28N2O3/c1-16(18-13-9-6-10-14-18)24(20(25)19(23)22(2,3)4)21(26)27-15-17-11-7-5-8-12-17/h5-14,16,19H,15,23H2,1-4H3/t16-,19?/m0/s1. The number of amides is 2. The predicted octanol–water partition coefficient (Wildman–Crippen LogP) is 4.29. The number of carbonyl (C=O) groups is 2. The van der Waals surface area contributed by atoms with Crippen molar-refractivity contribution >= 4 is 12.0 Å². The monoisotopic (exact) mass is 368 g/mol. The molecule has 0 spiro atoms. The van der Waals surface area contributed by atoms with Gasteiger partial charge in [0, 0.05) is 0 Å². The molecule has 5 heteroatoms. The van der Waals surface area contributed by atoms with Gasteiger partial charge in [-0.1, -0.05) is 81.4 Å². The molecule has 2 atom stereocenters. The number of rotatable bonds is 5. The van der Waals surface area contributed by atoms with E-state index >= 15 is 0 Å². The first-order valence-corrected chi connectivity index (χ1v) is 9.06. The molecule has 0 fully saturated rings. The predicted molar refractivity (Wildman–Crippen MR) is 106 cm³/mol. The van der Waals surface area contributed by atoms with E-state index in [0.717, 1.165) is 16.0 Å². The maximum Gasteiger partial charge on any atom is 0.417 e. The van der Waals surface area contributed by atoms with E-state index in [1.807, 2.05) is 81.4 Å². The smallest absolute Gasteiger partial charge is 0.417 e. The highest BCUT2D eigenvalue weighted by Gasteiger charge is 2.37. The van der Waals surface area contributed by atoms with Crippen molar-refractivity contribution < 1.29 is 14.3 Å². The second-order valence-electron chi connectivity index (χ2n) is 7.68. The van der Waals surface area contributed by atoms with Gasteiger partial charge in [0.05, 0.1) is 12.1 Å².